The molecule has 1 aliphatic heterocycles. The lowest BCUT2D eigenvalue weighted by molar-refractivity contribution is -0.159. The minimum atomic E-state index is -0.829. The molecule has 0 saturated carbocycles. The number of methoxy groups -OCH3 is 2. The van der Waals surface area contributed by atoms with Crippen molar-refractivity contribution in [3.05, 3.63) is 0 Å². The Morgan fingerprint density at radius 1 is 1.33 bits per heavy atom. The molecule has 12 heavy (non-hydrogen) atoms. The van der Waals surface area contributed by atoms with Crippen LogP contribution in [-0.4, -0.2) is 55.6 Å². The topological polar surface area (TPSA) is 68.2 Å². The first-order chi connectivity index (χ1) is 5.74. The molecule has 0 aliphatic carbocycles. The van der Waals surface area contributed by atoms with Gasteiger partial charge < -0.3 is 24.4 Å². The Bertz CT molecular complexity index is 138. The van der Waals surface area contributed by atoms with Crippen LogP contribution in [0.4, 0.5) is 0 Å². The highest BCUT2D eigenvalue weighted by atomic mass is 16.7. The van der Waals surface area contributed by atoms with E-state index in [0.717, 1.165) is 0 Å². The number of hydrogen-bond acceptors (Lipinski definition) is 5. The number of hydrogen-bond donors (Lipinski definition) is 2. The van der Waals surface area contributed by atoms with Gasteiger partial charge in [0.25, 0.3) is 0 Å². The molecule has 0 amide bonds. The Balaban J connectivity index is 2.58. The van der Waals surface area contributed by atoms with Gasteiger partial charge >= 0.3 is 0 Å². The summed E-state index contributed by atoms with van der Waals surface area (Å²) in [7, 11) is 2.92. The summed E-state index contributed by atoms with van der Waals surface area (Å²) >= 11 is 0. The van der Waals surface area contributed by atoms with Crippen molar-refractivity contribution in [2.24, 2.45) is 0 Å². The van der Waals surface area contributed by atoms with Gasteiger partial charge in [-0.05, 0) is 0 Å². The van der Waals surface area contributed by atoms with Gasteiger partial charge in [-0.2, -0.15) is 0 Å². The molecule has 2 N–H and O–H groups in total. The Morgan fingerprint density at radius 3 is 2.33 bits per heavy atom. The first kappa shape index (κ1) is 9.88. The van der Waals surface area contributed by atoms with Crippen LogP contribution in [0.5, 0.6) is 0 Å². The van der Waals surface area contributed by atoms with Gasteiger partial charge in [0.1, 0.15) is 18.3 Å². The predicted molar refractivity (Wildman–Crippen MR) is 39.6 cm³/mol. The Hall–Kier alpha value is -0.200. The SMILES string of the molecule is COC1OC(CO)C(O)C1OC. The van der Waals surface area contributed by atoms with Crippen LogP contribution in [0.1, 0.15) is 0 Å². The second-order valence-electron chi connectivity index (χ2n) is 2.65. The molecule has 0 aromatic heterocycles. The summed E-state index contributed by atoms with van der Waals surface area (Å²) in [6, 6.07) is 0. The lowest BCUT2D eigenvalue weighted by Gasteiger charge is -2.16. The first-order valence-electron chi connectivity index (χ1n) is 3.74. The molecule has 0 aromatic carbocycles. The van der Waals surface area contributed by atoms with Crippen molar-refractivity contribution in [3.63, 3.8) is 0 Å². The van der Waals surface area contributed by atoms with E-state index in [2.05, 4.69) is 0 Å². The van der Waals surface area contributed by atoms with E-state index in [1.54, 1.807) is 0 Å². The summed E-state index contributed by atoms with van der Waals surface area (Å²) in [6.07, 6.45) is -2.56. The molecule has 1 aliphatic rings. The molecule has 5 heteroatoms. The number of aliphatic hydroxyl groups is 2. The molecular weight excluding hydrogens is 164 g/mol. The molecule has 0 bridgehead atoms. The lowest BCUT2D eigenvalue weighted by Crippen LogP contribution is -2.35. The van der Waals surface area contributed by atoms with E-state index >= 15 is 0 Å². The van der Waals surface area contributed by atoms with Crippen LogP contribution in [0.25, 0.3) is 0 Å². The fourth-order valence-electron chi connectivity index (χ4n) is 1.29. The van der Waals surface area contributed by atoms with Crippen LogP contribution in [0.15, 0.2) is 0 Å². The van der Waals surface area contributed by atoms with Crippen LogP contribution in [-0.2, 0) is 14.2 Å². The quantitative estimate of drug-likeness (QED) is 0.563. The third-order valence-corrected chi connectivity index (χ3v) is 1.98. The maximum absolute atomic E-state index is 9.46. The van der Waals surface area contributed by atoms with Crippen molar-refractivity contribution < 1.29 is 24.4 Å². The standard InChI is InChI=1S/C7H14O5/c1-10-6-5(9)4(3-8)12-7(6)11-2/h4-9H,3H2,1-2H3. The zero-order chi connectivity index (χ0) is 9.14. The molecule has 0 spiro atoms. The third-order valence-electron chi connectivity index (χ3n) is 1.98. The van der Waals surface area contributed by atoms with Crippen molar-refractivity contribution in [3.8, 4) is 0 Å². The van der Waals surface area contributed by atoms with Crippen molar-refractivity contribution in [1.82, 2.24) is 0 Å². The van der Waals surface area contributed by atoms with Crippen molar-refractivity contribution in [1.29, 1.82) is 0 Å². The molecule has 0 aromatic rings. The van der Waals surface area contributed by atoms with Gasteiger partial charge in [-0.1, -0.05) is 0 Å². The van der Waals surface area contributed by atoms with E-state index in [1.165, 1.54) is 14.2 Å². The minimum absolute atomic E-state index is 0.235. The van der Waals surface area contributed by atoms with Gasteiger partial charge in [-0.15, -0.1) is 0 Å². The fraction of sp³-hybridized carbons (Fsp3) is 1.00. The van der Waals surface area contributed by atoms with Gasteiger partial charge in [0.05, 0.1) is 6.61 Å². The first-order valence-corrected chi connectivity index (χ1v) is 3.74. The highest BCUT2D eigenvalue weighted by molar-refractivity contribution is 4.87. The summed E-state index contributed by atoms with van der Waals surface area (Å²) in [5.41, 5.74) is 0. The summed E-state index contributed by atoms with van der Waals surface area (Å²) in [5.74, 6) is 0. The van der Waals surface area contributed by atoms with E-state index in [1.807, 2.05) is 0 Å². The maximum Gasteiger partial charge on any atom is 0.186 e. The summed E-state index contributed by atoms with van der Waals surface area (Å²) in [5, 5.41) is 18.2. The molecule has 72 valence electrons. The van der Waals surface area contributed by atoms with E-state index in [0.29, 0.717) is 0 Å². The third kappa shape index (κ3) is 1.60. The van der Waals surface area contributed by atoms with Crippen LogP contribution < -0.4 is 0 Å². The molecule has 1 fully saturated rings. The average Bonchev–Trinajstić information content (AvgIpc) is 2.41. The Labute approximate surface area is 70.9 Å². The highest BCUT2D eigenvalue weighted by Crippen LogP contribution is 2.23. The van der Waals surface area contributed by atoms with Crippen LogP contribution in [0, 0.1) is 0 Å². The van der Waals surface area contributed by atoms with Crippen molar-refractivity contribution in [2.45, 2.75) is 24.6 Å². The minimum Gasteiger partial charge on any atom is -0.394 e. The maximum atomic E-state index is 9.46. The largest absolute Gasteiger partial charge is 0.394 e. The van der Waals surface area contributed by atoms with Crippen LogP contribution >= 0.6 is 0 Å². The molecule has 0 radical (unpaired) electrons. The van der Waals surface area contributed by atoms with E-state index in [9.17, 15) is 5.11 Å². The Kier molecular flexibility index (Phi) is 3.42. The van der Waals surface area contributed by atoms with Gasteiger partial charge in [-0.25, -0.2) is 0 Å². The van der Waals surface area contributed by atoms with Crippen molar-refractivity contribution >= 4 is 0 Å². The molecule has 1 rings (SSSR count). The van der Waals surface area contributed by atoms with E-state index in [4.69, 9.17) is 19.3 Å². The molecule has 1 heterocycles. The average molecular weight is 178 g/mol. The van der Waals surface area contributed by atoms with Crippen LogP contribution in [0.3, 0.4) is 0 Å². The smallest absolute Gasteiger partial charge is 0.186 e. The number of ether oxygens (including phenoxy) is 3. The van der Waals surface area contributed by atoms with Crippen LogP contribution in [0.2, 0.25) is 0 Å². The molecule has 5 nitrogen and oxygen atoms in total. The molecule has 4 atom stereocenters. The van der Waals surface area contributed by atoms with Gasteiger partial charge in [0, 0.05) is 14.2 Å². The van der Waals surface area contributed by atoms with Gasteiger partial charge in [0.15, 0.2) is 6.29 Å². The monoisotopic (exact) mass is 178 g/mol. The highest BCUT2D eigenvalue weighted by Gasteiger charge is 2.43. The Morgan fingerprint density at radius 2 is 2.00 bits per heavy atom. The fourth-order valence-corrected chi connectivity index (χ4v) is 1.29. The zero-order valence-electron chi connectivity index (χ0n) is 7.14. The van der Waals surface area contributed by atoms with Gasteiger partial charge in [-0.3, -0.25) is 0 Å². The molecular formula is C7H14O5. The second kappa shape index (κ2) is 4.15. The normalized spacial score (nSPS) is 42.0. The summed E-state index contributed by atoms with van der Waals surface area (Å²) < 4.78 is 15.0. The molecule has 1 saturated heterocycles. The predicted octanol–water partition coefficient (Wildman–Crippen LogP) is -1.27. The lowest BCUT2D eigenvalue weighted by atomic mass is 10.1. The number of aliphatic hydroxyl groups excluding tert-OH is 2. The summed E-state index contributed by atoms with van der Waals surface area (Å²) in [4.78, 5) is 0. The van der Waals surface area contributed by atoms with E-state index < -0.39 is 24.6 Å². The molecule has 4 unspecified atom stereocenters. The second-order valence-corrected chi connectivity index (χ2v) is 2.65. The summed E-state index contributed by atoms with van der Waals surface area (Å²) in [6.45, 7) is -0.235. The van der Waals surface area contributed by atoms with Gasteiger partial charge in [0.2, 0.25) is 0 Å². The van der Waals surface area contributed by atoms with E-state index in [-0.39, 0.29) is 6.61 Å². The van der Waals surface area contributed by atoms with Crippen molar-refractivity contribution in [2.75, 3.05) is 20.8 Å². The zero-order valence-corrected chi connectivity index (χ0v) is 7.14. The number of rotatable bonds is 3.